The molecular weight excluding hydrogens is 327 g/mol. The largest absolute Gasteiger partial charge is 0.465 e. The number of rotatable bonds is 4. The van der Waals surface area contributed by atoms with E-state index < -0.39 is 17.8 Å². The number of carbonyl (C=O) groups is 2. The van der Waals surface area contributed by atoms with Crippen molar-refractivity contribution in [3.8, 4) is 0 Å². The number of carboxylic acid groups (broad SMARTS) is 1. The predicted molar refractivity (Wildman–Crippen MR) is 68.1 cm³/mol. The first kappa shape index (κ1) is 15.3. The molecule has 0 radical (unpaired) electrons. The number of alkyl halides is 1. The van der Waals surface area contributed by atoms with Crippen LogP contribution in [0.15, 0.2) is 0 Å². The highest BCUT2D eigenvalue weighted by atomic mass is 127. The number of nitrogens with one attached hydrogen (secondary N) is 2. The van der Waals surface area contributed by atoms with E-state index in [4.69, 9.17) is 9.84 Å². The van der Waals surface area contributed by atoms with Gasteiger partial charge in [0.2, 0.25) is 0 Å². The second-order valence-corrected chi connectivity index (χ2v) is 5.06. The van der Waals surface area contributed by atoms with Crippen LogP contribution in [0.1, 0.15) is 20.8 Å². The molecule has 6 nitrogen and oxygen atoms in total. The molecule has 0 fully saturated rings. The van der Waals surface area contributed by atoms with Crippen LogP contribution in [0.2, 0.25) is 0 Å². The predicted octanol–water partition coefficient (Wildman–Crippen LogP) is 1.58. The molecule has 2 amide bonds. The van der Waals surface area contributed by atoms with Crippen LogP contribution < -0.4 is 10.6 Å². The lowest BCUT2D eigenvalue weighted by Crippen LogP contribution is -2.45. The quantitative estimate of drug-likeness (QED) is 0.534. The van der Waals surface area contributed by atoms with E-state index >= 15 is 0 Å². The molecule has 0 aliphatic heterocycles. The van der Waals surface area contributed by atoms with E-state index in [9.17, 15) is 9.59 Å². The molecule has 7 heteroatoms. The normalized spacial score (nSPS) is 12.8. The standard InChI is InChI=1S/C9H17IN2O4/c1-9(2,3)16-8(15)11-5-6(4-10)12-7(13)14/h6,12H,4-5H2,1-3H3,(H,11,15)(H,13,14)/t6-/m0/s1. The lowest BCUT2D eigenvalue weighted by molar-refractivity contribution is 0.0523. The summed E-state index contributed by atoms with van der Waals surface area (Å²) < 4.78 is 5.58. The first-order valence-corrected chi connectivity index (χ1v) is 6.29. The van der Waals surface area contributed by atoms with Crippen molar-refractivity contribution in [2.75, 3.05) is 11.0 Å². The van der Waals surface area contributed by atoms with Gasteiger partial charge in [0.1, 0.15) is 5.60 Å². The summed E-state index contributed by atoms with van der Waals surface area (Å²) in [6.45, 7) is 5.50. The topological polar surface area (TPSA) is 87.7 Å². The van der Waals surface area contributed by atoms with Gasteiger partial charge in [-0.2, -0.15) is 0 Å². The van der Waals surface area contributed by atoms with Crippen molar-refractivity contribution >= 4 is 34.8 Å². The molecule has 0 aromatic carbocycles. The van der Waals surface area contributed by atoms with E-state index in [0.717, 1.165) is 0 Å². The second kappa shape index (κ2) is 6.77. The van der Waals surface area contributed by atoms with Crippen molar-refractivity contribution in [1.82, 2.24) is 10.6 Å². The molecule has 0 rings (SSSR count). The molecule has 0 spiro atoms. The van der Waals surface area contributed by atoms with Crippen LogP contribution in [-0.4, -0.2) is 39.9 Å². The number of carbonyl (C=O) groups excluding carboxylic acids is 1. The summed E-state index contributed by atoms with van der Waals surface area (Å²) in [5.41, 5.74) is -0.551. The van der Waals surface area contributed by atoms with Gasteiger partial charge in [0.25, 0.3) is 0 Å². The molecule has 0 unspecified atom stereocenters. The molecule has 1 atom stereocenters. The van der Waals surface area contributed by atoms with Crippen LogP contribution in [0, 0.1) is 0 Å². The molecule has 0 heterocycles. The molecule has 0 aromatic rings. The summed E-state index contributed by atoms with van der Waals surface area (Å²) in [7, 11) is 0. The SMILES string of the molecule is CC(C)(C)OC(=O)NC[C@H](CI)NC(=O)O. The van der Waals surface area contributed by atoms with Crippen molar-refractivity contribution in [2.24, 2.45) is 0 Å². The number of alkyl carbamates (subject to hydrolysis) is 1. The molecule has 0 aliphatic rings. The summed E-state index contributed by atoms with van der Waals surface area (Å²) in [5, 5.41) is 13.3. The second-order valence-electron chi connectivity index (χ2n) is 4.18. The van der Waals surface area contributed by atoms with E-state index in [1.807, 2.05) is 22.6 Å². The van der Waals surface area contributed by atoms with Crippen LogP contribution in [0.3, 0.4) is 0 Å². The Morgan fingerprint density at radius 1 is 1.44 bits per heavy atom. The Hall–Kier alpha value is -0.730. The van der Waals surface area contributed by atoms with Gasteiger partial charge >= 0.3 is 12.2 Å². The van der Waals surface area contributed by atoms with Gasteiger partial charge < -0.3 is 20.5 Å². The number of hydrogen-bond donors (Lipinski definition) is 3. The Kier molecular flexibility index (Phi) is 6.46. The third-order valence-electron chi connectivity index (χ3n) is 1.41. The first-order chi connectivity index (χ1) is 7.24. The summed E-state index contributed by atoms with van der Waals surface area (Å²) >= 11 is 2.04. The van der Waals surface area contributed by atoms with Crippen LogP contribution in [0.4, 0.5) is 9.59 Å². The maximum atomic E-state index is 11.3. The van der Waals surface area contributed by atoms with Crippen molar-refractivity contribution in [1.29, 1.82) is 0 Å². The van der Waals surface area contributed by atoms with Crippen molar-refractivity contribution < 1.29 is 19.4 Å². The number of halogens is 1. The number of hydrogen-bond acceptors (Lipinski definition) is 3. The minimum Gasteiger partial charge on any atom is -0.465 e. The van der Waals surface area contributed by atoms with Crippen LogP contribution in [0.5, 0.6) is 0 Å². The minimum absolute atomic E-state index is 0.212. The lowest BCUT2D eigenvalue weighted by Gasteiger charge is -2.21. The zero-order valence-electron chi connectivity index (χ0n) is 9.54. The van der Waals surface area contributed by atoms with Crippen LogP contribution in [0.25, 0.3) is 0 Å². The van der Waals surface area contributed by atoms with E-state index in [0.29, 0.717) is 4.43 Å². The minimum atomic E-state index is -1.10. The van der Waals surface area contributed by atoms with Crippen LogP contribution >= 0.6 is 22.6 Å². The Bertz CT molecular complexity index is 252. The summed E-state index contributed by atoms with van der Waals surface area (Å²) in [4.78, 5) is 21.6. The first-order valence-electron chi connectivity index (χ1n) is 4.77. The molecule has 16 heavy (non-hydrogen) atoms. The van der Waals surface area contributed by atoms with E-state index in [2.05, 4.69) is 10.6 Å². The maximum absolute atomic E-state index is 11.3. The summed E-state index contributed by atoms with van der Waals surface area (Å²) in [6.07, 6.45) is -1.65. The number of amides is 2. The summed E-state index contributed by atoms with van der Waals surface area (Å²) in [6, 6.07) is -0.314. The third kappa shape index (κ3) is 8.57. The van der Waals surface area contributed by atoms with Gasteiger partial charge in [-0.05, 0) is 20.8 Å². The maximum Gasteiger partial charge on any atom is 0.407 e. The third-order valence-corrected chi connectivity index (χ3v) is 2.47. The van der Waals surface area contributed by atoms with E-state index in [1.165, 1.54) is 0 Å². The van der Waals surface area contributed by atoms with Gasteiger partial charge in [0, 0.05) is 11.0 Å². The molecular formula is C9H17IN2O4. The van der Waals surface area contributed by atoms with Gasteiger partial charge in [0.15, 0.2) is 0 Å². The fraction of sp³-hybridized carbons (Fsp3) is 0.778. The smallest absolute Gasteiger partial charge is 0.407 e. The molecule has 0 aromatic heterocycles. The lowest BCUT2D eigenvalue weighted by atomic mass is 10.2. The highest BCUT2D eigenvalue weighted by Crippen LogP contribution is 2.06. The molecule has 3 N–H and O–H groups in total. The molecule has 0 aliphatic carbocycles. The fourth-order valence-corrected chi connectivity index (χ4v) is 1.37. The zero-order valence-corrected chi connectivity index (χ0v) is 11.7. The molecule has 94 valence electrons. The van der Waals surface area contributed by atoms with Crippen LogP contribution in [-0.2, 0) is 4.74 Å². The zero-order chi connectivity index (χ0) is 12.8. The van der Waals surface area contributed by atoms with Crippen molar-refractivity contribution in [3.05, 3.63) is 0 Å². The van der Waals surface area contributed by atoms with Gasteiger partial charge in [-0.15, -0.1) is 0 Å². The highest BCUT2D eigenvalue weighted by Gasteiger charge is 2.17. The average molecular weight is 344 g/mol. The average Bonchev–Trinajstić information content (AvgIpc) is 2.08. The van der Waals surface area contributed by atoms with Gasteiger partial charge in [-0.25, -0.2) is 9.59 Å². The van der Waals surface area contributed by atoms with E-state index in [1.54, 1.807) is 20.8 Å². The molecule has 0 bridgehead atoms. The van der Waals surface area contributed by atoms with Gasteiger partial charge in [-0.1, -0.05) is 22.6 Å². The van der Waals surface area contributed by atoms with Gasteiger partial charge in [0.05, 0.1) is 6.04 Å². The Morgan fingerprint density at radius 3 is 2.38 bits per heavy atom. The van der Waals surface area contributed by atoms with Crippen molar-refractivity contribution in [2.45, 2.75) is 32.4 Å². The van der Waals surface area contributed by atoms with E-state index in [-0.39, 0.29) is 12.6 Å². The fourth-order valence-electron chi connectivity index (χ4n) is 0.839. The monoisotopic (exact) mass is 344 g/mol. The van der Waals surface area contributed by atoms with Gasteiger partial charge in [-0.3, -0.25) is 0 Å². The summed E-state index contributed by atoms with van der Waals surface area (Å²) in [5.74, 6) is 0. The highest BCUT2D eigenvalue weighted by molar-refractivity contribution is 14.1. The Labute approximate surface area is 108 Å². The molecule has 0 saturated heterocycles. The molecule has 0 saturated carbocycles. The number of ether oxygens (including phenoxy) is 1. The van der Waals surface area contributed by atoms with Crippen molar-refractivity contribution in [3.63, 3.8) is 0 Å². The Balaban J connectivity index is 3.93. The Morgan fingerprint density at radius 2 is 2.00 bits per heavy atom.